The Bertz CT molecular complexity index is 697. The van der Waals surface area contributed by atoms with Crippen LogP contribution < -0.4 is 0 Å². The second kappa shape index (κ2) is 8.89. The number of hydrogen-bond donors (Lipinski definition) is 0. The van der Waals surface area contributed by atoms with Crippen LogP contribution in [0.5, 0.6) is 0 Å². The maximum Gasteiger partial charge on any atom is 0.357 e. The molecule has 2 aromatic rings. The van der Waals surface area contributed by atoms with E-state index in [9.17, 15) is 4.79 Å². The zero-order valence-electron chi connectivity index (χ0n) is 14.3. The van der Waals surface area contributed by atoms with E-state index in [4.69, 9.17) is 18.9 Å². The fourth-order valence-electron chi connectivity index (χ4n) is 2.61. The molecule has 8 heteroatoms. The summed E-state index contributed by atoms with van der Waals surface area (Å²) < 4.78 is 23.3. The highest BCUT2D eigenvalue weighted by molar-refractivity contribution is 5.88. The third-order valence-corrected chi connectivity index (χ3v) is 3.86. The van der Waals surface area contributed by atoms with Gasteiger partial charge in [-0.15, -0.1) is 0 Å². The SMILES string of the molecule is CCOC(=O)c1cnc2cc(COCCOC3CCCCO3)ncn12. The van der Waals surface area contributed by atoms with Gasteiger partial charge < -0.3 is 18.9 Å². The van der Waals surface area contributed by atoms with E-state index in [0.717, 1.165) is 31.6 Å². The van der Waals surface area contributed by atoms with Crippen LogP contribution in [0.15, 0.2) is 18.6 Å². The number of fused-ring (bicyclic) bond motifs is 1. The molecule has 25 heavy (non-hydrogen) atoms. The van der Waals surface area contributed by atoms with Gasteiger partial charge in [-0.1, -0.05) is 0 Å². The van der Waals surface area contributed by atoms with Crippen LogP contribution in [0.3, 0.4) is 0 Å². The van der Waals surface area contributed by atoms with E-state index in [2.05, 4.69) is 9.97 Å². The maximum absolute atomic E-state index is 11.8. The summed E-state index contributed by atoms with van der Waals surface area (Å²) in [6, 6.07) is 1.79. The number of esters is 1. The Hall–Kier alpha value is -2.03. The molecule has 0 spiro atoms. The summed E-state index contributed by atoms with van der Waals surface area (Å²) in [5.74, 6) is -0.414. The first kappa shape index (κ1) is 17.8. The minimum Gasteiger partial charge on any atom is -0.461 e. The minimum atomic E-state index is -0.414. The molecule has 0 bridgehead atoms. The highest BCUT2D eigenvalue weighted by atomic mass is 16.7. The van der Waals surface area contributed by atoms with Gasteiger partial charge in [-0.3, -0.25) is 4.40 Å². The minimum absolute atomic E-state index is 0.0990. The van der Waals surface area contributed by atoms with Crippen molar-refractivity contribution in [1.82, 2.24) is 14.4 Å². The molecule has 1 fully saturated rings. The molecular weight excluding hydrogens is 326 g/mol. The lowest BCUT2D eigenvalue weighted by molar-refractivity contribution is -0.169. The Morgan fingerprint density at radius 1 is 1.36 bits per heavy atom. The fraction of sp³-hybridized carbons (Fsp3) is 0.588. The molecule has 0 aliphatic carbocycles. The number of ether oxygens (including phenoxy) is 4. The van der Waals surface area contributed by atoms with Crippen molar-refractivity contribution in [2.45, 2.75) is 39.1 Å². The largest absolute Gasteiger partial charge is 0.461 e. The molecule has 3 rings (SSSR count). The summed E-state index contributed by atoms with van der Waals surface area (Å²) in [5.41, 5.74) is 1.73. The van der Waals surface area contributed by atoms with E-state index in [1.165, 1.54) is 6.20 Å². The van der Waals surface area contributed by atoms with Crippen LogP contribution in [-0.4, -0.2) is 53.1 Å². The average Bonchev–Trinajstić information content (AvgIpc) is 3.06. The van der Waals surface area contributed by atoms with Crippen molar-refractivity contribution in [2.75, 3.05) is 26.4 Å². The first-order valence-corrected chi connectivity index (χ1v) is 8.58. The fourth-order valence-corrected chi connectivity index (χ4v) is 2.61. The molecule has 0 aromatic carbocycles. The van der Waals surface area contributed by atoms with E-state index in [1.54, 1.807) is 23.7 Å². The van der Waals surface area contributed by atoms with Gasteiger partial charge in [-0.2, -0.15) is 0 Å². The van der Waals surface area contributed by atoms with Crippen molar-refractivity contribution < 1.29 is 23.7 Å². The number of carbonyl (C=O) groups excluding carboxylic acids is 1. The number of hydrogen-bond acceptors (Lipinski definition) is 7. The molecule has 1 unspecified atom stereocenters. The van der Waals surface area contributed by atoms with Gasteiger partial charge in [0.1, 0.15) is 12.0 Å². The molecule has 0 saturated carbocycles. The molecule has 1 aliphatic rings. The van der Waals surface area contributed by atoms with Crippen molar-refractivity contribution in [1.29, 1.82) is 0 Å². The summed E-state index contributed by atoms with van der Waals surface area (Å²) >= 11 is 0. The quantitative estimate of drug-likeness (QED) is 0.532. The number of rotatable bonds is 8. The zero-order chi connectivity index (χ0) is 17.5. The van der Waals surface area contributed by atoms with E-state index in [-0.39, 0.29) is 6.29 Å². The lowest BCUT2D eigenvalue weighted by atomic mass is 10.2. The van der Waals surface area contributed by atoms with Crippen molar-refractivity contribution in [3.05, 3.63) is 30.0 Å². The summed E-state index contributed by atoms with van der Waals surface area (Å²) in [6.07, 6.45) is 6.14. The Kier molecular flexibility index (Phi) is 6.32. The molecule has 0 N–H and O–H groups in total. The Morgan fingerprint density at radius 3 is 3.08 bits per heavy atom. The van der Waals surface area contributed by atoms with Crippen LogP contribution in [0.25, 0.3) is 5.65 Å². The monoisotopic (exact) mass is 349 g/mol. The zero-order valence-corrected chi connectivity index (χ0v) is 14.3. The van der Waals surface area contributed by atoms with Crippen molar-refractivity contribution >= 4 is 11.6 Å². The summed E-state index contributed by atoms with van der Waals surface area (Å²) in [7, 11) is 0. The third-order valence-electron chi connectivity index (χ3n) is 3.86. The molecular formula is C17H23N3O5. The number of carbonyl (C=O) groups is 1. The van der Waals surface area contributed by atoms with E-state index < -0.39 is 5.97 Å². The highest BCUT2D eigenvalue weighted by Crippen LogP contribution is 2.13. The van der Waals surface area contributed by atoms with E-state index in [0.29, 0.717) is 37.8 Å². The summed E-state index contributed by atoms with van der Waals surface area (Å²) in [5, 5.41) is 0. The van der Waals surface area contributed by atoms with Crippen molar-refractivity contribution in [3.8, 4) is 0 Å². The van der Waals surface area contributed by atoms with Crippen LogP contribution in [0.1, 0.15) is 42.4 Å². The number of imidazole rings is 1. The van der Waals surface area contributed by atoms with Crippen LogP contribution in [-0.2, 0) is 25.6 Å². The van der Waals surface area contributed by atoms with Crippen LogP contribution in [0.2, 0.25) is 0 Å². The van der Waals surface area contributed by atoms with Gasteiger partial charge in [-0.05, 0) is 26.2 Å². The molecule has 1 atom stereocenters. The molecule has 8 nitrogen and oxygen atoms in total. The first-order chi connectivity index (χ1) is 12.3. The highest BCUT2D eigenvalue weighted by Gasteiger charge is 2.14. The Balaban J connectivity index is 1.46. The molecule has 1 aliphatic heterocycles. The summed E-state index contributed by atoms with van der Waals surface area (Å²) in [4.78, 5) is 20.3. The van der Waals surface area contributed by atoms with Gasteiger partial charge in [0.2, 0.25) is 0 Å². The smallest absolute Gasteiger partial charge is 0.357 e. The van der Waals surface area contributed by atoms with Crippen molar-refractivity contribution in [2.24, 2.45) is 0 Å². The van der Waals surface area contributed by atoms with Crippen LogP contribution in [0.4, 0.5) is 0 Å². The van der Waals surface area contributed by atoms with Gasteiger partial charge in [0, 0.05) is 12.7 Å². The van der Waals surface area contributed by atoms with Crippen LogP contribution >= 0.6 is 0 Å². The molecule has 3 heterocycles. The van der Waals surface area contributed by atoms with Crippen LogP contribution in [0, 0.1) is 0 Å². The standard InChI is InChI=1S/C17H23N3O5/c1-2-23-17(21)14-10-18-15-9-13(19-12-20(14)15)11-22-7-8-25-16-5-3-4-6-24-16/h9-10,12,16H,2-8,11H2,1H3. The second-order valence-electron chi connectivity index (χ2n) is 5.69. The summed E-state index contributed by atoms with van der Waals surface area (Å²) in [6.45, 7) is 4.16. The van der Waals surface area contributed by atoms with Gasteiger partial charge in [0.25, 0.3) is 0 Å². The van der Waals surface area contributed by atoms with Gasteiger partial charge >= 0.3 is 5.97 Å². The molecule has 0 amide bonds. The predicted molar refractivity (Wildman–Crippen MR) is 88.1 cm³/mol. The Labute approximate surface area is 146 Å². The number of aromatic nitrogens is 3. The molecule has 0 radical (unpaired) electrons. The van der Waals surface area contributed by atoms with E-state index >= 15 is 0 Å². The van der Waals surface area contributed by atoms with Crippen molar-refractivity contribution in [3.63, 3.8) is 0 Å². The molecule has 2 aromatic heterocycles. The van der Waals surface area contributed by atoms with Gasteiger partial charge in [0.15, 0.2) is 12.0 Å². The van der Waals surface area contributed by atoms with Gasteiger partial charge in [-0.25, -0.2) is 14.8 Å². The average molecular weight is 349 g/mol. The number of nitrogens with zero attached hydrogens (tertiary/aromatic N) is 3. The second-order valence-corrected chi connectivity index (χ2v) is 5.69. The van der Waals surface area contributed by atoms with Gasteiger partial charge in [0.05, 0.1) is 38.3 Å². The molecule has 136 valence electrons. The first-order valence-electron chi connectivity index (χ1n) is 8.58. The lowest BCUT2D eigenvalue weighted by Crippen LogP contribution is -2.23. The predicted octanol–water partition coefficient (Wildman–Crippen LogP) is 1.97. The third kappa shape index (κ3) is 4.75. The maximum atomic E-state index is 11.8. The molecule has 1 saturated heterocycles. The Morgan fingerprint density at radius 2 is 2.28 bits per heavy atom. The van der Waals surface area contributed by atoms with E-state index in [1.807, 2.05) is 0 Å². The normalized spacial score (nSPS) is 17.7. The lowest BCUT2D eigenvalue weighted by Gasteiger charge is -2.22. The topological polar surface area (TPSA) is 84.2 Å².